The summed E-state index contributed by atoms with van der Waals surface area (Å²) in [6, 6.07) is 9.21. The van der Waals surface area contributed by atoms with Crippen molar-refractivity contribution in [2.45, 2.75) is 192 Å². The first kappa shape index (κ1) is 69.7. The maximum atomic E-state index is 11.6. The number of fused-ring (bicyclic) bond motifs is 1. The van der Waals surface area contributed by atoms with E-state index in [1.807, 2.05) is 0 Å². The van der Waals surface area contributed by atoms with Crippen LogP contribution in [0.1, 0.15) is 173 Å². The lowest BCUT2D eigenvalue weighted by Crippen LogP contribution is -3.11. The van der Waals surface area contributed by atoms with E-state index in [0.29, 0.717) is 5.56 Å². The second kappa shape index (κ2) is 33.6. The Kier molecular flexibility index (Phi) is 29.3. The number of hydrogen-bond donors (Lipinski definition) is 4. The number of aliphatic hydroxyl groups is 1. The topological polar surface area (TPSA) is 201 Å². The van der Waals surface area contributed by atoms with E-state index in [1.165, 1.54) is 223 Å². The molecule has 3 saturated heterocycles. The average Bonchev–Trinajstić information content (AvgIpc) is 4.23. The second-order valence-corrected chi connectivity index (χ2v) is 28.8. The van der Waals surface area contributed by atoms with Gasteiger partial charge in [0.2, 0.25) is 0 Å². The third kappa shape index (κ3) is 22.7. The number of phenolic OH excluding ortho intramolecular Hbond substituents is 1. The number of nitrogens with zero attached hydrogens (tertiary/aromatic N) is 4. The summed E-state index contributed by atoms with van der Waals surface area (Å²) in [4.78, 5) is 0.643. The molecule has 456 valence electrons. The molecule has 0 saturated carbocycles. The number of nitrogens with one attached hydrogen (secondary N) is 1. The van der Waals surface area contributed by atoms with Gasteiger partial charge in [0.15, 0.2) is 11.9 Å². The highest BCUT2D eigenvalue weighted by Crippen LogP contribution is 2.41. The number of hydrogen-bond acceptors (Lipinski definition) is 10. The number of likely N-dealkylation sites (tertiary alicyclic amines) is 2. The van der Waals surface area contributed by atoms with E-state index >= 15 is 0 Å². The fourth-order valence-corrected chi connectivity index (χ4v) is 15.5. The number of aliphatic hydroxyl groups excluding tert-OH is 1. The number of halogens is 1. The van der Waals surface area contributed by atoms with Crippen LogP contribution in [0.3, 0.4) is 0 Å². The molecule has 0 bridgehead atoms. The van der Waals surface area contributed by atoms with Crippen molar-refractivity contribution in [3.8, 4) is 5.75 Å². The number of quaternary nitrogens is 4. The molecule has 3 heterocycles. The van der Waals surface area contributed by atoms with Gasteiger partial charge in [-0.3, -0.25) is 0 Å². The number of aryl methyl sites for hydroxylation is 2. The molecule has 14 nitrogen and oxygen atoms in total. The molecular formula is C63H108ClN6O8S2+. The van der Waals surface area contributed by atoms with Gasteiger partial charge in [0, 0.05) is 46.3 Å². The van der Waals surface area contributed by atoms with E-state index in [0.717, 1.165) is 65.2 Å². The summed E-state index contributed by atoms with van der Waals surface area (Å²) in [5.41, 5.74) is 0.467. The van der Waals surface area contributed by atoms with Crippen molar-refractivity contribution in [2.75, 3.05) is 87.1 Å². The fraction of sp³-hybridized carbons (Fsp3) is 0.746. The molecule has 3 aromatic rings. The van der Waals surface area contributed by atoms with Crippen LogP contribution in [0.15, 0.2) is 62.5 Å². The molecule has 0 amide bonds. The van der Waals surface area contributed by atoms with E-state index < -0.39 is 35.8 Å². The van der Waals surface area contributed by atoms with Crippen LogP contribution in [0.25, 0.3) is 10.8 Å². The van der Waals surface area contributed by atoms with Gasteiger partial charge in [-0.25, -0.2) is 16.8 Å². The lowest BCUT2D eigenvalue weighted by atomic mass is 9.80. The average molecular weight is 1180 g/mol. The largest absolute Gasteiger partial charge is 1.00 e. The van der Waals surface area contributed by atoms with Crippen LogP contribution in [-0.4, -0.2) is 138 Å². The summed E-state index contributed by atoms with van der Waals surface area (Å²) in [6.45, 7) is 21.4. The summed E-state index contributed by atoms with van der Waals surface area (Å²) in [6.07, 6.45) is 31.2. The first-order valence-electron chi connectivity index (χ1n) is 31.1. The molecule has 0 aliphatic carbocycles. The van der Waals surface area contributed by atoms with E-state index in [-0.39, 0.29) is 46.2 Å². The monoisotopic (exact) mass is 1180 g/mol. The predicted octanol–water partition coefficient (Wildman–Crippen LogP) is 7.72. The van der Waals surface area contributed by atoms with Gasteiger partial charge in [-0.2, -0.15) is 5.11 Å². The van der Waals surface area contributed by atoms with Gasteiger partial charge in [-0.15, -0.1) is 5.11 Å². The predicted molar refractivity (Wildman–Crippen MR) is 318 cm³/mol. The molecule has 80 heavy (non-hydrogen) atoms. The third-order valence-electron chi connectivity index (χ3n) is 18.5. The molecule has 6 rings (SSSR count). The van der Waals surface area contributed by atoms with Crippen molar-refractivity contribution < 1.29 is 67.7 Å². The smallest absolute Gasteiger partial charge is 0.152 e. The Balaban J connectivity index is 0.000000389. The highest BCUT2D eigenvalue weighted by molar-refractivity contribution is 7.86. The molecule has 0 aromatic heterocycles. The summed E-state index contributed by atoms with van der Waals surface area (Å²) in [7, 11) is 0.00135. The number of benzene rings is 3. The molecule has 8 atom stereocenters. The zero-order valence-electron chi connectivity index (χ0n) is 50.9. The Morgan fingerprint density at radius 1 is 0.637 bits per heavy atom. The summed E-state index contributed by atoms with van der Waals surface area (Å²) in [5.74, 6) is 5.12. The van der Waals surface area contributed by atoms with Crippen LogP contribution in [0.2, 0.25) is 0 Å². The van der Waals surface area contributed by atoms with Crippen molar-refractivity contribution in [1.82, 2.24) is 0 Å². The SMILES string of the molecule is CCCCCCCCCCCCCCCCCC[N+](C)(C)CC(O)C[NH+]1CC(CC)C(CCC2C[NH2+]CC2CCC2C[N+](C)(C)CC2CC)C1.Cc1cc(C)c(S(=O)(=O)[O-])cc1N=Nc1cc(S(=O)(=O)[O-])c2ccccc2c1O.[Cl-]. The van der Waals surface area contributed by atoms with Crippen LogP contribution in [0.5, 0.6) is 5.75 Å². The molecule has 8 unspecified atom stereocenters. The lowest BCUT2D eigenvalue weighted by molar-refractivity contribution is -0.915. The van der Waals surface area contributed by atoms with Crippen LogP contribution < -0.4 is 22.6 Å². The van der Waals surface area contributed by atoms with Crippen molar-refractivity contribution >= 4 is 42.4 Å². The van der Waals surface area contributed by atoms with Gasteiger partial charge in [0.1, 0.15) is 39.0 Å². The zero-order valence-corrected chi connectivity index (χ0v) is 53.3. The molecule has 3 aliphatic rings. The Hall–Kier alpha value is -2.77. The summed E-state index contributed by atoms with van der Waals surface area (Å²) >= 11 is 0. The quantitative estimate of drug-likeness (QED) is 0.0206. The number of nitrogens with two attached hydrogens (primary N) is 1. The number of azo groups is 1. The molecule has 3 fully saturated rings. The number of likely N-dealkylation sites (N-methyl/N-ethyl adjacent to an activating group) is 1. The summed E-state index contributed by atoms with van der Waals surface area (Å²) < 4.78 is 71.2. The van der Waals surface area contributed by atoms with Crippen LogP contribution in [0, 0.1) is 49.4 Å². The molecule has 0 spiro atoms. The van der Waals surface area contributed by atoms with Gasteiger partial charge in [0.25, 0.3) is 0 Å². The highest BCUT2D eigenvalue weighted by Gasteiger charge is 2.42. The van der Waals surface area contributed by atoms with Gasteiger partial charge >= 0.3 is 0 Å². The molecule has 3 aliphatic heterocycles. The number of aromatic hydroxyl groups is 1. The second-order valence-electron chi connectivity index (χ2n) is 26.1. The van der Waals surface area contributed by atoms with Crippen molar-refractivity contribution in [1.29, 1.82) is 0 Å². The number of phenols is 1. The number of rotatable bonds is 33. The Morgan fingerprint density at radius 3 is 1.64 bits per heavy atom. The van der Waals surface area contributed by atoms with Crippen LogP contribution in [0.4, 0.5) is 11.4 Å². The molecular weight excluding hydrogens is 1070 g/mol. The minimum atomic E-state index is -4.87. The Labute approximate surface area is 491 Å². The zero-order chi connectivity index (χ0) is 57.8. The molecule has 5 N–H and O–H groups in total. The highest BCUT2D eigenvalue weighted by atomic mass is 35.5. The maximum absolute atomic E-state index is 11.6. The normalized spacial score (nSPS) is 22.7. The van der Waals surface area contributed by atoms with Crippen LogP contribution >= 0.6 is 0 Å². The first-order valence-corrected chi connectivity index (χ1v) is 33.9. The van der Waals surface area contributed by atoms with Crippen molar-refractivity contribution in [3.63, 3.8) is 0 Å². The minimum absolute atomic E-state index is 0. The van der Waals surface area contributed by atoms with E-state index in [2.05, 4.69) is 64.5 Å². The fourth-order valence-electron chi connectivity index (χ4n) is 14.1. The number of unbranched alkanes of at least 4 members (excludes halogenated alkanes) is 15. The van der Waals surface area contributed by atoms with E-state index in [1.54, 1.807) is 17.9 Å². The molecule has 0 radical (unpaired) electrons. The van der Waals surface area contributed by atoms with Crippen molar-refractivity contribution in [3.05, 3.63) is 53.6 Å². The van der Waals surface area contributed by atoms with Crippen LogP contribution in [-0.2, 0) is 20.2 Å². The van der Waals surface area contributed by atoms with Gasteiger partial charge in [-0.1, -0.05) is 141 Å². The van der Waals surface area contributed by atoms with E-state index in [4.69, 9.17) is 0 Å². The maximum Gasteiger partial charge on any atom is 0.152 e. The molecule has 17 heteroatoms. The van der Waals surface area contributed by atoms with Crippen molar-refractivity contribution in [2.24, 2.45) is 45.7 Å². The Morgan fingerprint density at radius 2 is 1.10 bits per heavy atom. The van der Waals surface area contributed by atoms with Gasteiger partial charge in [-0.05, 0) is 88.5 Å². The van der Waals surface area contributed by atoms with E-state index in [9.17, 15) is 36.2 Å². The molecule has 3 aromatic carbocycles. The third-order valence-corrected chi connectivity index (χ3v) is 20.3. The Bertz CT molecular complexity index is 2580. The van der Waals surface area contributed by atoms with Gasteiger partial charge < -0.3 is 50.9 Å². The summed E-state index contributed by atoms with van der Waals surface area (Å²) in [5, 5.41) is 32.1. The minimum Gasteiger partial charge on any atom is -1.00 e. The standard InChI is InChI=1S/C45H92N4O.C18H16N2O7S2.ClH/c1-8-11-12-13-14-15-16-17-18-19-20-21-22-23-24-25-30-48(4,5)38-45(50)35-47-33-39(9-2)43(34-47)28-26-41-31-46-32-42(41)27-29-44-37-49(6,7)36-40(44)10-3;1-10-7-11(2)16(28(22,23)24)8-14(10)19-20-15-9-17(29(25,26)27)12-5-3-4-6-13(12)18(15)21;/h39-46,50H,8-38H2,1-7H3;3-9,21H,1-2H3,(H,22,23,24)(H,25,26,27);1H/q+2;;/p-1. The lowest BCUT2D eigenvalue weighted by Gasteiger charge is -2.32. The van der Waals surface area contributed by atoms with Gasteiger partial charge in [0.05, 0.1) is 89.5 Å². The first-order chi connectivity index (χ1) is 37.4.